The van der Waals surface area contributed by atoms with Crippen LogP contribution in [0.1, 0.15) is 39.5 Å². The van der Waals surface area contributed by atoms with Gasteiger partial charge in [-0.15, -0.1) is 0 Å². The molecule has 2 rings (SSSR count). The van der Waals surface area contributed by atoms with Crippen molar-refractivity contribution in [2.24, 2.45) is 5.41 Å². The minimum Gasteiger partial charge on any atom is -0.311 e. The lowest BCUT2D eigenvalue weighted by molar-refractivity contribution is 0.294. The van der Waals surface area contributed by atoms with Gasteiger partial charge in [-0.25, -0.2) is 0 Å². The second kappa shape index (κ2) is 1.97. The van der Waals surface area contributed by atoms with Crippen molar-refractivity contribution in [2.75, 3.05) is 0 Å². The summed E-state index contributed by atoms with van der Waals surface area (Å²) in [5.41, 5.74) is 0.584. The van der Waals surface area contributed by atoms with E-state index in [2.05, 4.69) is 19.2 Å². The highest BCUT2D eigenvalue weighted by molar-refractivity contribution is 4.99. The Bertz CT molecular complexity index is 140. The number of fused-ring (bicyclic) bond motifs is 2. The maximum Gasteiger partial charge on any atom is 0.0121 e. The van der Waals surface area contributed by atoms with Crippen molar-refractivity contribution in [3.63, 3.8) is 0 Å². The van der Waals surface area contributed by atoms with Crippen LogP contribution in [0, 0.1) is 5.41 Å². The van der Waals surface area contributed by atoms with Crippen LogP contribution in [0.2, 0.25) is 0 Å². The van der Waals surface area contributed by atoms with E-state index >= 15 is 0 Å². The van der Waals surface area contributed by atoms with Gasteiger partial charge in [0.25, 0.3) is 0 Å². The summed E-state index contributed by atoms with van der Waals surface area (Å²) in [5.74, 6) is 0. The average Bonchev–Trinajstić information content (AvgIpc) is 2.04. The molecule has 0 aromatic rings. The van der Waals surface area contributed by atoms with Crippen molar-refractivity contribution in [1.82, 2.24) is 5.32 Å². The number of hydrogen-bond acceptors (Lipinski definition) is 1. The number of piperidine rings is 1. The molecular weight excluding hydrogens is 122 g/mol. The molecule has 0 amide bonds. The van der Waals surface area contributed by atoms with E-state index in [4.69, 9.17) is 0 Å². The highest BCUT2D eigenvalue weighted by atomic mass is 15.0. The Balaban J connectivity index is 2.15. The number of nitrogens with one attached hydrogen (secondary N) is 1. The lowest BCUT2D eigenvalue weighted by atomic mass is 9.84. The summed E-state index contributed by atoms with van der Waals surface area (Å²) in [7, 11) is 0. The topological polar surface area (TPSA) is 12.0 Å². The zero-order valence-corrected chi connectivity index (χ0v) is 6.98. The van der Waals surface area contributed by atoms with E-state index < -0.39 is 0 Å². The first-order valence-electron chi connectivity index (χ1n) is 4.44. The number of hydrogen-bond donors (Lipinski definition) is 1. The summed E-state index contributed by atoms with van der Waals surface area (Å²) in [6.45, 7) is 4.80. The van der Waals surface area contributed by atoms with Gasteiger partial charge in [0.2, 0.25) is 0 Å². The first kappa shape index (κ1) is 6.66. The standard InChI is InChI=1S/C9H17N/c1-9(2)6-7-4-3-5-8(9)10-7/h7-8,10H,3-6H2,1-2H3. The molecule has 2 heterocycles. The summed E-state index contributed by atoms with van der Waals surface area (Å²) in [4.78, 5) is 0. The van der Waals surface area contributed by atoms with Crippen LogP contribution in [-0.2, 0) is 0 Å². The molecule has 0 radical (unpaired) electrons. The van der Waals surface area contributed by atoms with Gasteiger partial charge in [-0.05, 0) is 24.7 Å². The summed E-state index contributed by atoms with van der Waals surface area (Å²) in [5, 5.41) is 3.68. The van der Waals surface area contributed by atoms with Gasteiger partial charge in [0.1, 0.15) is 0 Å². The van der Waals surface area contributed by atoms with Gasteiger partial charge in [0.05, 0.1) is 0 Å². The van der Waals surface area contributed by atoms with E-state index in [1.54, 1.807) is 0 Å². The van der Waals surface area contributed by atoms with Crippen LogP contribution in [0.5, 0.6) is 0 Å². The number of rotatable bonds is 0. The Morgan fingerprint density at radius 2 is 2.10 bits per heavy atom. The van der Waals surface area contributed by atoms with Gasteiger partial charge in [0.15, 0.2) is 0 Å². The van der Waals surface area contributed by atoms with E-state index in [1.807, 2.05) is 0 Å². The molecule has 1 heteroatoms. The Morgan fingerprint density at radius 3 is 2.70 bits per heavy atom. The third-order valence-corrected chi connectivity index (χ3v) is 3.20. The van der Waals surface area contributed by atoms with Crippen molar-refractivity contribution in [2.45, 2.75) is 51.6 Å². The molecule has 2 atom stereocenters. The summed E-state index contributed by atoms with van der Waals surface area (Å²) in [6.07, 6.45) is 5.67. The smallest absolute Gasteiger partial charge is 0.0121 e. The van der Waals surface area contributed by atoms with E-state index in [0.717, 1.165) is 12.1 Å². The fraction of sp³-hybridized carbons (Fsp3) is 1.00. The van der Waals surface area contributed by atoms with Crippen molar-refractivity contribution in [3.8, 4) is 0 Å². The second-order valence-electron chi connectivity index (χ2n) is 4.54. The molecule has 2 aliphatic heterocycles. The summed E-state index contributed by atoms with van der Waals surface area (Å²) < 4.78 is 0. The minimum atomic E-state index is 0.584. The highest BCUT2D eigenvalue weighted by Crippen LogP contribution is 2.40. The summed E-state index contributed by atoms with van der Waals surface area (Å²) >= 11 is 0. The van der Waals surface area contributed by atoms with Crippen molar-refractivity contribution >= 4 is 0 Å². The largest absolute Gasteiger partial charge is 0.311 e. The van der Waals surface area contributed by atoms with Crippen LogP contribution in [-0.4, -0.2) is 12.1 Å². The average molecular weight is 139 g/mol. The van der Waals surface area contributed by atoms with Crippen LogP contribution in [0.4, 0.5) is 0 Å². The molecule has 2 aliphatic rings. The van der Waals surface area contributed by atoms with Crippen molar-refractivity contribution < 1.29 is 0 Å². The molecule has 1 nitrogen and oxygen atoms in total. The Labute approximate surface area is 63.2 Å². The molecule has 0 aliphatic carbocycles. The fourth-order valence-electron chi connectivity index (χ4n) is 2.57. The molecule has 2 bridgehead atoms. The Hall–Kier alpha value is -0.0400. The monoisotopic (exact) mass is 139 g/mol. The fourth-order valence-corrected chi connectivity index (χ4v) is 2.57. The molecule has 0 saturated carbocycles. The maximum absolute atomic E-state index is 3.68. The lowest BCUT2D eigenvalue weighted by Crippen LogP contribution is -2.37. The zero-order chi connectivity index (χ0) is 7.19. The molecule has 2 fully saturated rings. The Morgan fingerprint density at radius 1 is 1.30 bits per heavy atom. The molecule has 0 aromatic heterocycles. The normalized spacial score (nSPS) is 43.8. The minimum absolute atomic E-state index is 0.584. The first-order chi connectivity index (χ1) is 4.68. The Kier molecular flexibility index (Phi) is 1.31. The van der Waals surface area contributed by atoms with E-state index in [0.29, 0.717) is 5.41 Å². The van der Waals surface area contributed by atoms with Crippen LogP contribution in [0.15, 0.2) is 0 Å². The van der Waals surface area contributed by atoms with Gasteiger partial charge in [-0.1, -0.05) is 20.3 Å². The maximum atomic E-state index is 3.68. The van der Waals surface area contributed by atoms with Gasteiger partial charge in [0, 0.05) is 12.1 Å². The third kappa shape index (κ3) is 0.878. The SMILES string of the molecule is CC1(C)CC2CCCC1N2. The van der Waals surface area contributed by atoms with Crippen LogP contribution in [0.3, 0.4) is 0 Å². The molecule has 1 N–H and O–H groups in total. The van der Waals surface area contributed by atoms with Gasteiger partial charge in [-0.3, -0.25) is 0 Å². The van der Waals surface area contributed by atoms with E-state index in [1.165, 1.54) is 25.7 Å². The molecule has 2 saturated heterocycles. The zero-order valence-electron chi connectivity index (χ0n) is 6.98. The third-order valence-electron chi connectivity index (χ3n) is 3.20. The molecule has 0 spiro atoms. The second-order valence-corrected chi connectivity index (χ2v) is 4.54. The van der Waals surface area contributed by atoms with Crippen LogP contribution < -0.4 is 5.32 Å². The predicted octanol–water partition coefficient (Wildman–Crippen LogP) is 1.93. The van der Waals surface area contributed by atoms with Gasteiger partial charge >= 0.3 is 0 Å². The summed E-state index contributed by atoms with van der Waals surface area (Å²) in [6, 6.07) is 1.68. The van der Waals surface area contributed by atoms with Crippen molar-refractivity contribution in [3.05, 3.63) is 0 Å². The van der Waals surface area contributed by atoms with Crippen LogP contribution in [0.25, 0.3) is 0 Å². The highest BCUT2D eigenvalue weighted by Gasteiger charge is 2.41. The van der Waals surface area contributed by atoms with Gasteiger partial charge in [-0.2, -0.15) is 0 Å². The first-order valence-corrected chi connectivity index (χ1v) is 4.44. The van der Waals surface area contributed by atoms with Gasteiger partial charge < -0.3 is 5.32 Å². The van der Waals surface area contributed by atoms with E-state index in [-0.39, 0.29) is 0 Å². The molecule has 0 aromatic carbocycles. The quantitative estimate of drug-likeness (QED) is 0.540. The van der Waals surface area contributed by atoms with E-state index in [9.17, 15) is 0 Å². The van der Waals surface area contributed by atoms with Crippen LogP contribution >= 0.6 is 0 Å². The lowest BCUT2D eigenvalue weighted by Gasteiger charge is -2.27. The predicted molar refractivity (Wildman–Crippen MR) is 43.0 cm³/mol. The molecule has 2 unspecified atom stereocenters. The van der Waals surface area contributed by atoms with Crippen molar-refractivity contribution in [1.29, 1.82) is 0 Å². The molecule has 10 heavy (non-hydrogen) atoms. The molecule has 58 valence electrons. The molecular formula is C9H17N.